The summed E-state index contributed by atoms with van der Waals surface area (Å²) in [4.78, 5) is 18.5. The Morgan fingerprint density at radius 1 is 1.03 bits per heavy atom. The van der Waals surface area contributed by atoms with Gasteiger partial charge in [0.2, 0.25) is 0 Å². The third-order valence-corrected chi connectivity index (χ3v) is 5.90. The van der Waals surface area contributed by atoms with E-state index in [2.05, 4.69) is 52.6 Å². The van der Waals surface area contributed by atoms with Crippen LogP contribution in [0.4, 0.5) is 0 Å². The van der Waals surface area contributed by atoms with Crippen LogP contribution in [0.5, 0.6) is 0 Å². The van der Waals surface area contributed by atoms with E-state index in [1.807, 2.05) is 36.5 Å². The lowest BCUT2D eigenvalue weighted by Gasteiger charge is -2.29. The highest BCUT2D eigenvalue weighted by Gasteiger charge is 2.33. The Bertz CT molecular complexity index is 1170. The van der Waals surface area contributed by atoms with Crippen molar-refractivity contribution in [2.24, 2.45) is 0 Å². The van der Waals surface area contributed by atoms with Crippen molar-refractivity contribution < 1.29 is 9.90 Å². The first-order valence-corrected chi connectivity index (χ1v) is 11.0. The van der Waals surface area contributed by atoms with Crippen LogP contribution in [-0.2, 0) is 17.6 Å². The lowest BCUT2D eigenvalue weighted by Crippen LogP contribution is -2.45. The number of carboxylic acid groups (broad SMARTS) is 1. The van der Waals surface area contributed by atoms with Crippen molar-refractivity contribution in [3.05, 3.63) is 71.5 Å². The van der Waals surface area contributed by atoms with Crippen LogP contribution in [-0.4, -0.2) is 40.2 Å². The number of carbonyl (C=O) groups is 1. The van der Waals surface area contributed by atoms with Crippen LogP contribution in [0.2, 0.25) is 0 Å². The SMILES string of the molecule is CCNCC.O=C(O)C1Cc2c([nH]c3ccccc23)C(Cc2c[nH]c3ccccc23)N1. The number of fused-ring (bicyclic) bond motifs is 4. The zero-order valence-electron chi connectivity index (χ0n) is 18.0. The summed E-state index contributed by atoms with van der Waals surface area (Å²) in [5.74, 6) is -0.801. The molecule has 0 bridgehead atoms. The van der Waals surface area contributed by atoms with Crippen LogP contribution in [0.25, 0.3) is 21.8 Å². The molecular weight excluding hydrogens is 388 g/mol. The Kier molecular flexibility index (Phi) is 6.39. The number of aliphatic carboxylic acids is 1. The Labute approximate surface area is 182 Å². The van der Waals surface area contributed by atoms with E-state index in [0.29, 0.717) is 6.42 Å². The molecule has 2 unspecified atom stereocenters. The normalized spacial score (nSPS) is 17.9. The minimum atomic E-state index is -0.801. The van der Waals surface area contributed by atoms with Gasteiger partial charge in [-0.3, -0.25) is 10.1 Å². The molecule has 2 aromatic carbocycles. The molecule has 0 saturated heterocycles. The second-order valence-electron chi connectivity index (χ2n) is 7.90. The standard InChI is InChI=1S/C21H19N3O2.C4H11N/c25-21(26)19-10-15-14-6-2-4-8-17(14)24-20(15)18(23-19)9-12-11-22-16-7-3-1-5-13(12)16;1-3-5-4-2/h1-8,11,18-19,22-24H,9-10H2,(H,25,26);5H,3-4H2,1-2H3. The molecule has 31 heavy (non-hydrogen) atoms. The van der Waals surface area contributed by atoms with E-state index in [4.69, 9.17) is 0 Å². The highest BCUT2D eigenvalue weighted by atomic mass is 16.4. The van der Waals surface area contributed by atoms with Crippen molar-refractivity contribution >= 4 is 27.8 Å². The Morgan fingerprint density at radius 2 is 1.71 bits per heavy atom. The van der Waals surface area contributed by atoms with Gasteiger partial charge in [-0.25, -0.2) is 0 Å². The smallest absolute Gasteiger partial charge is 0.321 e. The van der Waals surface area contributed by atoms with Gasteiger partial charge in [0.05, 0.1) is 6.04 Å². The number of rotatable bonds is 5. The van der Waals surface area contributed by atoms with Crippen molar-refractivity contribution in [3.8, 4) is 0 Å². The molecule has 0 spiro atoms. The summed E-state index contributed by atoms with van der Waals surface area (Å²) in [6.07, 6.45) is 3.26. The fourth-order valence-corrected chi connectivity index (χ4v) is 4.42. The largest absolute Gasteiger partial charge is 0.480 e. The number of H-pyrrole nitrogens is 2. The van der Waals surface area contributed by atoms with Crippen LogP contribution in [0.15, 0.2) is 54.7 Å². The van der Waals surface area contributed by atoms with Crippen LogP contribution in [0.3, 0.4) is 0 Å². The second kappa shape index (κ2) is 9.37. The molecule has 2 atom stereocenters. The predicted octanol–water partition coefficient (Wildman–Crippen LogP) is 4.15. The molecule has 0 saturated carbocycles. The molecule has 5 N–H and O–H groups in total. The van der Waals surface area contributed by atoms with Gasteiger partial charge in [0.1, 0.15) is 6.04 Å². The van der Waals surface area contributed by atoms with Gasteiger partial charge in [-0.05, 0) is 42.8 Å². The van der Waals surface area contributed by atoms with Crippen molar-refractivity contribution in [3.63, 3.8) is 0 Å². The molecule has 4 aromatic rings. The predicted molar refractivity (Wildman–Crippen MR) is 126 cm³/mol. The van der Waals surface area contributed by atoms with Gasteiger partial charge in [-0.2, -0.15) is 0 Å². The zero-order valence-corrected chi connectivity index (χ0v) is 18.0. The lowest BCUT2D eigenvalue weighted by molar-refractivity contribution is -0.139. The molecule has 3 heterocycles. The Morgan fingerprint density at radius 3 is 2.39 bits per heavy atom. The van der Waals surface area contributed by atoms with E-state index < -0.39 is 12.0 Å². The van der Waals surface area contributed by atoms with E-state index in [1.54, 1.807) is 0 Å². The average Bonchev–Trinajstić information content (AvgIpc) is 3.36. The van der Waals surface area contributed by atoms with Gasteiger partial charge < -0.3 is 20.4 Å². The monoisotopic (exact) mass is 418 g/mol. The van der Waals surface area contributed by atoms with Crippen molar-refractivity contribution in [1.82, 2.24) is 20.6 Å². The molecule has 0 fully saturated rings. The maximum absolute atomic E-state index is 11.7. The molecular formula is C25H30N4O2. The van der Waals surface area contributed by atoms with Gasteiger partial charge in [-0.1, -0.05) is 50.2 Å². The Balaban J connectivity index is 0.000000418. The summed E-state index contributed by atoms with van der Waals surface area (Å²) < 4.78 is 0. The minimum absolute atomic E-state index is 0.0635. The maximum Gasteiger partial charge on any atom is 0.321 e. The first kappa shape index (κ1) is 21.2. The van der Waals surface area contributed by atoms with E-state index in [9.17, 15) is 9.90 Å². The lowest BCUT2D eigenvalue weighted by atomic mass is 9.90. The number of benzene rings is 2. The van der Waals surface area contributed by atoms with E-state index in [0.717, 1.165) is 47.2 Å². The van der Waals surface area contributed by atoms with Gasteiger partial charge in [-0.15, -0.1) is 0 Å². The van der Waals surface area contributed by atoms with Gasteiger partial charge in [0.25, 0.3) is 0 Å². The average molecular weight is 419 g/mol. The number of hydrogen-bond donors (Lipinski definition) is 5. The van der Waals surface area contributed by atoms with E-state index >= 15 is 0 Å². The molecule has 2 aromatic heterocycles. The molecule has 1 aliphatic rings. The third kappa shape index (κ3) is 4.36. The number of aromatic nitrogens is 2. The highest BCUT2D eigenvalue weighted by molar-refractivity contribution is 5.87. The molecule has 5 rings (SSSR count). The summed E-state index contributed by atoms with van der Waals surface area (Å²) in [7, 11) is 0. The molecule has 0 amide bonds. The van der Waals surface area contributed by atoms with E-state index in [-0.39, 0.29) is 6.04 Å². The second-order valence-corrected chi connectivity index (χ2v) is 7.90. The number of para-hydroxylation sites is 2. The third-order valence-electron chi connectivity index (χ3n) is 5.90. The van der Waals surface area contributed by atoms with Crippen molar-refractivity contribution in [2.75, 3.05) is 13.1 Å². The maximum atomic E-state index is 11.7. The zero-order chi connectivity index (χ0) is 21.8. The Hall–Kier alpha value is -3.09. The quantitative estimate of drug-likeness (QED) is 0.337. The van der Waals surface area contributed by atoms with Gasteiger partial charge >= 0.3 is 5.97 Å². The summed E-state index contributed by atoms with van der Waals surface area (Å²) >= 11 is 0. The number of aromatic amines is 2. The number of hydrogen-bond acceptors (Lipinski definition) is 3. The first-order valence-electron chi connectivity index (χ1n) is 11.0. The van der Waals surface area contributed by atoms with Crippen LogP contribution in [0.1, 0.15) is 36.7 Å². The summed E-state index contributed by atoms with van der Waals surface area (Å²) in [5.41, 5.74) is 5.58. The molecule has 162 valence electrons. The fourth-order valence-electron chi connectivity index (χ4n) is 4.42. The van der Waals surface area contributed by atoms with Crippen molar-refractivity contribution in [1.29, 1.82) is 0 Å². The fraction of sp³-hybridized carbons (Fsp3) is 0.320. The number of carboxylic acids is 1. The summed E-state index contributed by atoms with van der Waals surface area (Å²) in [6, 6.07) is 15.7. The summed E-state index contributed by atoms with van der Waals surface area (Å²) in [6.45, 7) is 6.39. The molecule has 1 aliphatic heterocycles. The summed E-state index contributed by atoms with van der Waals surface area (Å²) in [5, 5.41) is 18.4. The van der Waals surface area contributed by atoms with Crippen LogP contribution >= 0.6 is 0 Å². The van der Waals surface area contributed by atoms with Gasteiger partial charge in [0.15, 0.2) is 0 Å². The minimum Gasteiger partial charge on any atom is -0.480 e. The number of nitrogens with one attached hydrogen (secondary N) is 4. The molecule has 0 aliphatic carbocycles. The molecule has 6 heteroatoms. The van der Waals surface area contributed by atoms with Crippen molar-refractivity contribution in [2.45, 2.75) is 38.8 Å². The molecule has 6 nitrogen and oxygen atoms in total. The van der Waals surface area contributed by atoms with Crippen LogP contribution in [0, 0.1) is 0 Å². The van der Waals surface area contributed by atoms with Gasteiger partial charge in [0, 0.05) is 40.1 Å². The molecule has 0 radical (unpaired) electrons. The van der Waals surface area contributed by atoms with Crippen LogP contribution < -0.4 is 10.6 Å². The topological polar surface area (TPSA) is 92.9 Å². The highest BCUT2D eigenvalue weighted by Crippen LogP contribution is 2.34. The van der Waals surface area contributed by atoms with E-state index in [1.165, 1.54) is 10.9 Å². The first-order chi connectivity index (χ1) is 15.1.